The number of nitrogens with zero attached hydrogens (tertiary/aromatic N) is 1. The summed E-state index contributed by atoms with van der Waals surface area (Å²) >= 11 is 0. The van der Waals surface area contributed by atoms with E-state index in [1.54, 1.807) is 7.11 Å². The smallest absolute Gasteiger partial charge is 0.295 e. The van der Waals surface area contributed by atoms with E-state index in [1.807, 2.05) is 32.0 Å². The fourth-order valence-corrected chi connectivity index (χ4v) is 2.28. The molecule has 6 heteroatoms. The third kappa shape index (κ3) is 3.33. The van der Waals surface area contributed by atoms with Gasteiger partial charge >= 0.3 is 0 Å². The van der Waals surface area contributed by atoms with Gasteiger partial charge in [-0.2, -0.15) is 0 Å². The number of anilines is 1. The number of hydrogen-bond acceptors (Lipinski definition) is 4. The molecule has 0 heterocycles. The molecule has 22 heavy (non-hydrogen) atoms. The highest BCUT2D eigenvalue weighted by Crippen LogP contribution is 2.32. The van der Waals surface area contributed by atoms with E-state index in [0.29, 0.717) is 5.75 Å². The third-order valence-corrected chi connectivity index (χ3v) is 3.38. The van der Waals surface area contributed by atoms with Crippen molar-refractivity contribution >= 4 is 11.4 Å². The molecule has 2 rings (SSSR count). The van der Waals surface area contributed by atoms with E-state index in [0.717, 1.165) is 17.2 Å². The molecule has 0 radical (unpaired) electrons. The highest BCUT2D eigenvalue weighted by Gasteiger charge is 2.19. The summed E-state index contributed by atoms with van der Waals surface area (Å²) in [7, 11) is 1.57. The van der Waals surface area contributed by atoms with Crippen LogP contribution in [0.2, 0.25) is 0 Å². The number of benzene rings is 2. The maximum absolute atomic E-state index is 13.2. The minimum absolute atomic E-state index is 0.237. The number of methoxy groups -OCH3 is 1. The predicted octanol–water partition coefficient (Wildman–Crippen LogP) is 4.22. The predicted molar refractivity (Wildman–Crippen MR) is 82.8 cm³/mol. The molecule has 0 aromatic heterocycles. The molecular formula is C16H17FN2O3. The maximum Gasteiger partial charge on any atom is 0.295 e. The average Bonchev–Trinajstić information content (AvgIpc) is 2.48. The summed E-state index contributed by atoms with van der Waals surface area (Å²) in [5.74, 6) is 0.0494. The van der Waals surface area contributed by atoms with Gasteiger partial charge in [-0.15, -0.1) is 0 Å². The summed E-state index contributed by atoms with van der Waals surface area (Å²) in [5, 5.41) is 14.1. The molecule has 0 fully saturated rings. The molecule has 1 atom stereocenters. The first kappa shape index (κ1) is 15.8. The number of nitrogens with one attached hydrogen (secondary N) is 1. The van der Waals surface area contributed by atoms with Crippen LogP contribution in [-0.2, 0) is 0 Å². The van der Waals surface area contributed by atoms with Gasteiger partial charge in [0.15, 0.2) is 0 Å². The highest BCUT2D eigenvalue weighted by atomic mass is 19.1. The van der Waals surface area contributed by atoms with Gasteiger partial charge in [0.25, 0.3) is 5.69 Å². The number of aryl methyl sites for hydroxylation is 1. The molecule has 2 aromatic carbocycles. The summed E-state index contributed by atoms with van der Waals surface area (Å²) in [6.07, 6.45) is 0. The summed E-state index contributed by atoms with van der Waals surface area (Å²) in [5.41, 5.74) is 1.90. The first-order valence-corrected chi connectivity index (χ1v) is 6.77. The van der Waals surface area contributed by atoms with Crippen molar-refractivity contribution in [2.75, 3.05) is 12.4 Å². The zero-order valence-electron chi connectivity index (χ0n) is 12.6. The average molecular weight is 304 g/mol. The molecule has 0 aliphatic carbocycles. The van der Waals surface area contributed by atoms with Crippen LogP contribution in [0, 0.1) is 22.9 Å². The molecule has 5 nitrogen and oxygen atoms in total. The van der Waals surface area contributed by atoms with Crippen molar-refractivity contribution in [3.8, 4) is 5.75 Å². The topological polar surface area (TPSA) is 64.4 Å². The summed E-state index contributed by atoms with van der Waals surface area (Å²) < 4.78 is 18.5. The van der Waals surface area contributed by atoms with E-state index < -0.39 is 10.7 Å². The van der Waals surface area contributed by atoms with Crippen molar-refractivity contribution in [3.63, 3.8) is 0 Å². The van der Waals surface area contributed by atoms with E-state index in [9.17, 15) is 14.5 Å². The van der Waals surface area contributed by atoms with Crippen molar-refractivity contribution in [1.82, 2.24) is 0 Å². The Kier molecular flexibility index (Phi) is 4.60. The molecule has 0 bridgehead atoms. The number of ether oxygens (including phenoxy) is 1. The number of rotatable bonds is 5. The lowest BCUT2D eigenvalue weighted by molar-refractivity contribution is -0.384. The van der Waals surface area contributed by atoms with Crippen LogP contribution < -0.4 is 10.1 Å². The minimum atomic E-state index is -0.641. The molecule has 0 aliphatic heterocycles. The standard InChI is InChI=1S/C16H17FN2O3/c1-10-4-7-16(22-3)13(8-10)11(2)18-14-6-5-12(17)9-15(14)19(20)21/h4-9,11,18H,1-3H3. The quantitative estimate of drug-likeness (QED) is 0.663. The van der Waals surface area contributed by atoms with E-state index in [1.165, 1.54) is 12.1 Å². The van der Waals surface area contributed by atoms with E-state index in [4.69, 9.17) is 4.74 Å². The van der Waals surface area contributed by atoms with Crippen LogP contribution in [0.5, 0.6) is 5.75 Å². The van der Waals surface area contributed by atoms with E-state index >= 15 is 0 Å². The van der Waals surface area contributed by atoms with Crippen molar-refractivity contribution in [3.05, 3.63) is 63.5 Å². The molecule has 1 N–H and O–H groups in total. The molecule has 1 unspecified atom stereocenters. The molecule has 0 saturated carbocycles. The maximum atomic E-state index is 13.2. The third-order valence-electron chi connectivity index (χ3n) is 3.38. The first-order valence-electron chi connectivity index (χ1n) is 6.77. The number of nitro groups is 1. The Morgan fingerprint density at radius 3 is 2.64 bits per heavy atom. The van der Waals surface area contributed by atoms with Gasteiger partial charge in [-0.25, -0.2) is 4.39 Å². The SMILES string of the molecule is COc1ccc(C)cc1C(C)Nc1ccc(F)cc1[N+](=O)[O-]. The monoisotopic (exact) mass is 304 g/mol. The molecule has 0 spiro atoms. The molecule has 0 amide bonds. The van der Waals surface area contributed by atoms with Crippen molar-refractivity contribution in [2.24, 2.45) is 0 Å². The second-order valence-electron chi connectivity index (χ2n) is 5.03. The zero-order chi connectivity index (χ0) is 16.3. The second-order valence-corrected chi connectivity index (χ2v) is 5.03. The lowest BCUT2D eigenvalue weighted by atomic mass is 10.0. The Labute approximate surface area is 127 Å². The van der Waals surface area contributed by atoms with Crippen LogP contribution in [0.15, 0.2) is 36.4 Å². The summed E-state index contributed by atoms with van der Waals surface area (Å²) in [4.78, 5) is 10.4. The van der Waals surface area contributed by atoms with E-state index in [-0.39, 0.29) is 17.4 Å². The number of nitro benzene ring substituents is 1. The van der Waals surface area contributed by atoms with Crippen molar-refractivity contribution in [1.29, 1.82) is 0 Å². The summed E-state index contributed by atoms with van der Waals surface area (Å²) in [6, 6.07) is 8.95. The van der Waals surface area contributed by atoms with Crippen LogP contribution >= 0.6 is 0 Å². The van der Waals surface area contributed by atoms with Gasteiger partial charge in [0.05, 0.1) is 24.1 Å². The fourth-order valence-electron chi connectivity index (χ4n) is 2.28. The lowest BCUT2D eigenvalue weighted by Gasteiger charge is -2.19. The van der Waals surface area contributed by atoms with E-state index in [2.05, 4.69) is 5.32 Å². The van der Waals surface area contributed by atoms with Gasteiger partial charge in [-0.05, 0) is 32.0 Å². The molecule has 0 aliphatic rings. The van der Waals surface area contributed by atoms with Crippen LogP contribution in [0.1, 0.15) is 24.1 Å². The Morgan fingerprint density at radius 1 is 1.27 bits per heavy atom. The number of halogens is 1. The Bertz CT molecular complexity index is 704. The van der Waals surface area contributed by atoms with Crippen LogP contribution in [-0.4, -0.2) is 12.0 Å². The van der Waals surface area contributed by atoms with Crippen molar-refractivity contribution in [2.45, 2.75) is 19.9 Å². The van der Waals surface area contributed by atoms with Gasteiger partial charge < -0.3 is 10.1 Å². The molecular weight excluding hydrogens is 287 g/mol. The normalized spacial score (nSPS) is 11.8. The van der Waals surface area contributed by atoms with Gasteiger partial charge in [-0.3, -0.25) is 10.1 Å². The zero-order valence-corrected chi connectivity index (χ0v) is 12.6. The minimum Gasteiger partial charge on any atom is -0.496 e. The van der Waals surface area contributed by atoms with Gasteiger partial charge in [0.2, 0.25) is 0 Å². The Hall–Kier alpha value is -2.63. The van der Waals surface area contributed by atoms with Crippen LogP contribution in [0.3, 0.4) is 0 Å². The summed E-state index contributed by atoms with van der Waals surface area (Å²) in [6.45, 7) is 3.82. The Morgan fingerprint density at radius 2 is 2.00 bits per heavy atom. The molecule has 116 valence electrons. The first-order chi connectivity index (χ1) is 10.4. The van der Waals surface area contributed by atoms with Gasteiger partial charge in [-0.1, -0.05) is 17.7 Å². The van der Waals surface area contributed by atoms with Gasteiger partial charge in [0, 0.05) is 5.56 Å². The van der Waals surface area contributed by atoms with Gasteiger partial charge in [0.1, 0.15) is 17.3 Å². The van der Waals surface area contributed by atoms with Crippen LogP contribution in [0.4, 0.5) is 15.8 Å². The fraction of sp³-hybridized carbons (Fsp3) is 0.250. The lowest BCUT2D eigenvalue weighted by Crippen LogP contribution is -2.10. The Balaban J connectivity index is 2.35. The van der Waals surface area contributed by atoms with Crippen molar-refractivity contribution < 1.29 is 14.1 Å². The molecule has 2 aromatic rings. The van der Waals surface area contributed by atoms with Crippen LogP contribution in [0.25, 0.3) is 0 Å². The largest absolute Gasteiger partial charge is 0.496 e. The molecule has 0 saturated heterocycles. The second kappa shape index (κ2) is 6.43. The number of hydrogen-bond donors (Lipinski definition) is 1. The highest BCUT2D eigenvalue weighted by molar-refractivity contribution is 5.62.